The molecule has 0 bridgehead atoms. The van der Waals surface area contributed by atoms with E-state index in [0.29, 0.717) is 19.7 Å². The zero-order chi connectivity index (χ0) is 18.2. The maximum atomic E-state index is 12.1. The molecule has 0 spiro atoms. The minimum Gasteiger partial charge on any atom is -0.497 e. The molecule has 1 aromatic heterocycles. The fraction of sp³-hybridized carbons (Fsp3) is 0.471. The van der Waals surface area contributed by atoms with E-state index in [4.69, 9.17) is 9.47 Å². The molecular weight excluding hydrogens is 340 g/mol. The van der Waals surface area contributed by atoms with Gasteiger partial charge in [0.15, 0.2) is 11.0 Å². The van der Waals surface area contributed by atoms with Crippen LogP contribution >= 0.6 is 11.8 Å². The zero-order valence-electron chi connectivity index (χ0n) is 15.0. The smallest absolute Gasteiger partial charge is 0.233 e. The zero-order valence-corrected chi connectivity index (χ0v) is 15.8. The highest BCUT2D eigenvalue weighted by atomic mass is 32.2. The van der Waals surface area contributed by atoms with Gasteiger partial charge in [0.1, 0.15) is 5.75 Å². The molecule has 0 aliphatic heterocycles. The number of nitrogens with one attached hydrogen (secondary N) is 1. The SMILES string of the molecule is CCn1c(S[C@@H](C)C(=O)NCCOC)nnc1-c1ccc(OC)cc1. The van der Waals surface area contributed by atoms with Crippen LogP contribution in [0.3, 0.4) is 0 Å². The van der Waals surface area contributed by atoms with Gasteiger partial charge in [-0.3, -0.25) is 4.79 Å². The summed E-state index contributed by atoms with van der Waals surface area (Å²) in [5.74, 6) is 1.53. The van der Waals surface area contributed by atoms with E-state index in [2.05, 4.69) is 15.5 Å². The number of aromatic nitrogens is 3. The number of ether oxygens (including phenoxy) is 2. The molecule has 2 aromatic rings. The van der Waals surface area contributed by atoms with Crippen LogP contribution in [0, 0.1) is 0 Å². The van der Waals surface area contributed by atoms with Gasteiger partial charge in [0.2, 0.25) is 5.91 Å². The van der Waals surface area contributed by atoms with E-state index >= 15 is 0 Å². The molecule has 136 valence electrons. The number of hydrogen-bond donors (Lipinski definition) is 1. The molecule has 0 saturated heterocycles. The monoisotopic (exact) mass is 364 g/mol. The maximum absolute atomic E-state index is 12.1. The summed E-state index contributed by atoms with van der Waals surface area (Å²) >= 11 is 1.40. The summed E-state index contributed by atoms with van der Waals surface area (Å²) in [6.45, 7) is 5.60. The molecule has 1 N–H and O–H groups in total. The lowest BCUT2D eigenvalue weighted by Gasteiger charge is -2.12. The molecule has 1 atom stereocenters. The van der Waals surface area contributed by atoms with Gasteiger partial charge in [-0.25, -0.2) is 0 Å². The highest BCUT2D eigenvalue weighted by Crippen LogP contribution is 2.27. The normalized spacial score (nSPS) is 12.0. The van der Waals surface area contributed by atoms with Crippen molar-refractivity contribution in [3.05, 3.63) is 24.3 Å². The van der Waals surface area contributed by atoms with Crippen molar-refractivity contribution in [3.8, 4) is 17.1 Å². The van der Waals surface area contributed by atoms with E-state index < -0.39 is 0 Å². The summed E-state index contributed by atoms with van der Waals surface area (Å²) in [4.78, 5) is 12.1. The van der Waals surface area contributed by atoms with E-state index in [0.717, 1.165) is 22.3 Å². The van der Waals surface area contributed by atoms with Gasteiger partial charge in [-0.15, -0.1) is 10.2 Å². The molecule has 8 heteroatoms. The number of rotatable bonds is 9. The first-order valence-electron chi connectivity index (χ1n) is 8.11. The van der Waals surface area contributed by atoms with Crippen LogP contribution in [0.15, 0.2) is 29.4 Å². The lowest BCUT2D eigenvalue weighted by molar-refractivity contribution is -0.120. The highest BCUT2D eigenvalue weighted by molar-refractivity contribution is 8.00. The molecule has 0 unspecified atom stereocenters. The molecule has 2 rings (SSSR count). The Kier molecular flexibility index (Phi) is 7.27. The molecule has 0 saturated carbocycles. The quantitative estimate of drug-likeness (QED) is 0.543. The minimum atomic E-state index is -0.268. The van der Waals surface area contributed by atoms with Crippen LogP contribution < -0.4 is 10.1 Å². The van der Waals surface area contributed by atoms with Crippen LogP contribution in [0.1, 0.15) is 13.8 Å². The van der Waals surface area contributed by atoms with E-state index in [1.165, 1.54) is 11.8 Å². The van der Waals surface area contributed by atoms with Gasteiger partial charge in [-0.2, -0.15) is 0 Å². The predicted molar refractivity (Wildman–Crippen MR) is 97.9 cm³/mol. The number of thioether (sulfide) groups is 1. The topological polar surface area (TPSA) is 78.3 Å². The third-order valence-electron chi connectivity index (χ3n) is 3.64. The molecule has 0 fully saturated rings. The van der Waals surface area contributed by atoms with E-state index in [9.17, 15) is 4.79 Å². The molecule has 0 aliphatic carbocycles. The molecule has 0 aliphatic rings. The van der Waals surface area contributed by atoms with Gasteiger partial charge >= 0.3 is 0 Å². The molecule has 1 heterocycles. The Morgan fingerprint density at radius 3 is 2.60 bits per heavy atom. The third kappa shape index (κ3) is 4.96. The Bertz CT molecular complexity index is 688. The summed E-state index contributed by atoms with van der Waals surface area (Å²) < 4.78 is 12.1. The summed E-state index contributed by atoms with van der Waals surface area (Å²) in [6, 6.07) is 7.68. The van der Waals surface area contributed by atoms with E-state index in [1.54, 1.807) is 14.2 Å². The second-order valence-corrected chi connectivity index (χ2v) is 6.63. The Morgan fingerprint density at radius 1 is 1.28 bits per heavy atom. The van der Waals surface area contributed by atoms with Gasteiger partial charge in [-0.05, 0) is 38.1 Å². The fourth-order valence-electron chi connectivity index (χ4n) is 2.25. The number of nitrogens with zero attached hydrogens (tertiary/aromatic N) is 3. The van der Waals surface area contributed by atoms with Crippen molar-refractivity contribution in [1.29, 1.82) is 0 Å². The lowest BCUT2D eigenvalue weighted by Crippen LogP contribution is -2.33. The van der Waals surface area contributed by atoms with E-state index in [-0.39, 0.29) is 11.2 Å². The minimum absolute atomic E-state index is 0.0429. The van der Waals surface area contributed by atoms with Crippen LogP contribution in [0.5, 0.6) is 5.75 Å². The van der Waals surface area contributed by atoms with Crippen LogP contribution in [0.2, 0.25) is 0 Å². The lowest BCUT2D eigenvalue weighted by atomic mass is 10.2. The summed E-state index contributed by atoms with van der Waals surface area (Å²) in [7, 11) is 3.24. The van der Waals surface area contributed by atoms with Crippen molar-refractivity contribution in [2.75, 3.05) is 27.4 Å². The molecule has 7 nitrogen and oxygen atoms in total. The van der Waals surface area contributed by atoms with Crippen molar-refractivity contribution >= 4 is 17.7 Å². The number of hydrogen-bond acceptors (Lipinski definition) is 6. The second-order valence-electron chi connectivity index (χ2n) is 5.32. The van der Waals surface area contributed by atoms with Crippen molar-refractivity contribution in [2.45, 2.75) is 30.8 Å². The first kappa shape index (κ1) is 19.3. The second kappa shape index (κ2) is 9.43. The predicted octanol–water partition coefficient (Wildman–Crippen LogP) is 2.22. The van der Waals surface area contributed by atoms with Gasteiger partial charge in [-0.1, -0.05) is 11.8 Å². The van der Waals surface area contributed by atoms with Gasteiger partial charge < -0.3 is 19.4 Å². The van der Waals surface area contributed by atoms with Gasteiger partial charge in [0.05, 0.1) is 19.0 Å². The molecule has 25 heavy (non-hydrogen) atoms. The fourth-order valence-corrected chi connectivity index (χ4v) is 3.18. The van der Waals surface area contributed by atoms with Gasteiger partial charge in [0, 0.05) is 25.8 Å². The number of carbonyl (C=O) groups excluding carboxylic acids is 1. The largest absolute Gasteiger partial charge is 0.497 e. The Morgan fingerprint density at radius 2 is 2.00 bits per heavy atom. The summed E-state index contributed by atoms with van der Waals surface area (Å²) in [6.07, 6.45) is 0. The molecule has 0 radical (unpaired) electrons. The van der Waals surface area contributed by atoms with Crippen LogP contribution in [-0.4, -0.2) is 53.3 Å². The molecule has 1 aromatic carbocycles. The van der Waals surface area contributed by atoms with Crippen molar-refractivity contribution in [2.24, 2.45) is 0 Å². The summed E-state index contributed by atoms with van der Waals surface area (Å²) in [5, 5.41) is 11.9. The maximum Gasteiger partial charge on any atom is 0.233 e. The van der Waals surface area contributed by atoms with Gasteiger partial charge in [0.25, 0.3) is 0 Å². The summed E-state index contributed by atoms with van der Waals surface area (Å²) in [5.41, 5.74) is 0.958. The average molecular weight is 364 g/mol. The van der Waals surface area contributed by atoms with Crippen LogP contribution in [0.25, 0.3) is 11.4 Å². The number of amides is 1. The Labute approximate surface area is 152 Å². The molecule has 1 amide bonds. The van der Waals surface area contributed by atoms with Crippen LogP contribution in [-0.2, 0) is 16.1 Å². The standard InChI is InChI=1S/C17H24N4O3S/c1-5-21-15(13-6-8-14(24-4)9-7-13)19-20-17(21)25-12(2)16(22)18-10-11-23-3/h6-9,12H,5,10-11H2,1-4H3,(H,18,22)/t12-/m0/s1. The third-order valence-corrected chi connectivity index (χ3v) is 4.72. The molecular formula is C17H24N4O3S. The Balaban J connectivity index is 2.11. The average Bonchev–Trinajstić information content (AvgIpc) is 3.04. The van der Waals surface area contributed by atoms with Crippen LogP contribution in [0.4, 0.5) is 0 Å². The first-order valence-corrected chi connectivity index (χ1v) is 8.99. The van der Waals surface area contributed by atoms with E-state index in [1.807, 2.05) is 42.7 Å². The highest BCUT2D eigenvalue weighted by Gasteiger charge is 2.20. The van der Waals surface area contributed by atoms with Crippen molar-refractivity contribution < 1.29 is 14.3 Å². The van der Waals surface area contributed by atoms with Crippen molar-refractivity contribution in [1.82, 2.24) is 20.1 Å². The number of methoxy groups -OCH3 is 2. The first-order chi connectivity index (χ1) is 12.1. The number of carbonyl (C=O) groups is 1. The van der Waals surface area contributed by atoms with Crippen molar-refractivity contribution in [3.63, 3.8) is 0 Å². The number of benzene rings is 1. The Hall–Kier alpha value is -2.06.